The number of ether oxygens (including phenoxy) is 1. The van der Waals surface area contributed by atoms with Crippen LogP contribution in [0, 0.1) is 0 Å². The van der Waals surface area contributed by atoms with Gasteiger partial charge in [-0.1, -0.05) is 11.3 Å². The molecular weight excluding hydrogens is 392 g/mol. The van der Waals surface area contributed by atoms with Crippen molar-refractivity contribution < 1.29 is 13.9 Å². The number of rotatable bonds is 6. The highest BCUT2D eigenvalue weighted by Gasteiger charge is 2.23. The lowest BCUT2D eigenvalue weighted by Gasteiger charge is -2.19. The van der Waals surface area contributed by atoms with Gasteiger partial charge in [0.15, 0.2) is 5.13 Å². The smallest absolute Gasteiger partial charge is 0.260 e. The summed E-state index contributed by atoms with van der Waals surface area (Å²) in [6, 6.07) is 16.9. The Labute approximate surface area is 170 Å². The van der Waals surface area contributed by atoms with Crippen molar-refractivity contribution in [1.82, 2.24) is 4.98 Å². The predicted octanol–water partition coefficient (Wildman–Crippen LogP) is 5.47. The predicted molar refractivity (Wildman–Crippen MR) is 114 cm³/mol. The summed E-state index contributed by atoms with van der Waals surface area (Å²) in [5.41, 5.74) is 1.45. The summed E-state index contributed by atoms with van der Waals surface area (Å²) < 4.78 is 11.7. The van der Waals surface area contributed by atoms with Crippen LogP contribution in [0.15, 0.2) is 70.2 Å². The number of hydrogen-bond acceptors (Lipinski definition) is 6. The molecule has 0 unspecified atom stereocenters. The van der Waals surface area contributed by atoms with E-state index in [9.17, 15) is 4.79 Å². The number of aromatic nitrogens is 1. The Morgan fingerprint density at radius 2 is 2.04 bits per heavy atom. The Balaban J connectivity index is 1.73. The molecule has 4 aromatic rings. The highest BCUT2D eigenvalue weighted by atomic mass is 32.2. The molecule has 28 heavy (non-hydrogen) atoms. The number of thioether (sulfide) groups is 1. The second-order valence-electron chi connectivity index (χ2n) is 6.03. The van der Waals surface area contributed by atoms with Gasteiger partial charge in [0.05, 0.1) is 30.1 Å². The van der Waals surface area contributed by atoms with Gasteiger partial charge in [0.2, 0.25) is 0 Å². The van der Waals surface area contributed by atoms with Gasteiger partial charge in [0.25, 0.3) is 5.91 Å². The number of benzene rings is 2. The minimum atomic E-state index is -0.136. The topological polar surface area (TPSA) is 55.6 Å². The lowest BCUT2D eigenvalue weighted by Crippen LogP contribution is -2.30. The number of anilines is 1. The first-order chi connectivity index (χ1) is 13.7. The van der Waals surface area contributed by atoms with Gasteiger partial charge in [-0.05, 0) is 60.9 Å². The van der Waals surface area contributed by atoms with Gasteiger partial charge in [-0.2, -0.15) is 0 Å². The van der Waals surface area contributed by atoms with Crippen LogP contribution >= 0.6 is 23.1 Å². The first-order valence-corrected chi connectivity index (χ1v) is 10.6. The number of carbonyl (C=O) groups is 1. The molecule has 0 bridgehead atoms. The van der Waals surface area contributed by atoms with Crippen molar-refractivity contribution in [2.75, 3.05) is 18.3 Å². The highest BCUT2D eigenvalue weighted by molar-refractivity contribution is 7.98. The molecule has 0 saturated heterocycles. The number of furan rings is 1. The van der Waals surface area contributed by atoms with Gasteiger partial charge in [-0.15, -0.1) is 11.8 Å². The van der Waals surface area contributed by atoms with Crippen LogP contribution in [0.2, 0.25) is 0 Å². The zero-order chi connectivity index (χ0) is 19.5. The van der Waals surface area contributed by atoms with E-state index in [1.807, 2.05) is 30.5 Å². The number of carbonyl (C=O) groups excluding carboxylic acids is 1. The first kappa shape index (κ1) is 18.6. The summed E-state index contributed by atoms with van der Waals surface area (Å²) >= 11 is 3.18. The summed E-state index contributed by atoms with van der Waals surface area (Å²) in [5, 5.41) is 0.644. The quantitative estimate of drug-likeness (QED) is 0.395. The lowest BCUT2D eigenvalue weighted by atomic mass is 10.2. The van der Waals surface area contributed by atoms with Crippen molar-refractivity contribution in [2.24, 2.45) is 0 Å². The largest absolute Gasteiger partial charge is 0.497 e. The molecule has 1 amide bonds. The van der Waals surface area contributed by atoms with E-state index in [1.165, 1.54) is 16.2 Å². The summed E-state index contributed by atoms with van der Waals surface area (Å²) in [5.74, 6) is 1.27. The van der Waals surface area contributed by atoms with Crippen molar-refractivity contribution in [1.29, 1.82) is 0 Å². The van der Waals surface area contributed by atoms with Crippen LogP contribution < -0.4 is 9.64 Å². The fraction of sp³-hybridized carbons (Fsp3) is 0.143. The van der Waals surface area contributed by atoms with Crippen LogP contribution in [0.25, 0.3) is 10.2 Å². The molecule has 0 saturated carbocycles. The summed E-state index contributed by atoms with van der Waals surface area (Å²) in [7, 11) is 1.60. The number of methoxy groups -OCH3 is 1. The fourth-order valence-corrected chi connectivity index (χ4v) is 4.33. The van der Waals surface area contributed by atoms with Crippen LogP contribution in [-0.4, -0.2) is 24.3 Å². The molecular formula is C21H18N2O3S2. The Morgan fingerprint density at radius 3 is 2.71 bits per heavy atom. The Bertz CT molecular complexity index is 1090. The lowest BCUT2D eigenvalue weighted by molar-refractivity contribution is 0.0983. The molecule has 7 heteroatoms. The van der Waals surface area contributed by atoms with Gasteiger partial charge in [0.1, 0.15) is 11.5 Å². The molecule has 4 rings (SSSR count). The second kappa shape index (κ2) is 8.08. The Morgan fingerprint density at radius 1 is 1.21 bits per heavy atom. The zero-order valence-corrected chi connectivity index (χ0v) is 17.0. The molecule has 0 radical (unpaired) electrons. The number of amides is 1. The van der Waals surface area contributed by atoms with Crippen LogP contribution in [0.4, 0.5) is 5.13 Å². The zero-order valence-electron chi connectivity index (χ0n) is 15.4. The molecule has 0 aliphatic heterocycles. The van der Waals surface area contributed by atoms with E-state index in [1.54, 1.807) is 54.3 Å². The van der Waals surface area contributed by atoms with Crippen LogP contribution in [-0.2, 0) is 6.54 Å². The number of hydrogen-bond donors (Lipinski definition) is 0. The third-order valence-corrected chi connectivity index (χ3v) is 6.06. The minimum Gasteiger partial charge on any atom is -0.497 e. The molecule has 2 aromatic heterocycles. The molecule has 2 aromatic carbocycles. The van der Waals surface area contributed by atoms with Gasteiger partial charge in [-0.25, -0.2) is 4.98 Å². The monoisotopic (exact) mass is 410 g/mol. The molecule has 2 heterocycles. The summed E-state index contributed by atoms with van der Waals surface area (Å²) in [6.07, 6.45) is 3.65. The van der Waals surface area contributed by atoms with Crippen molar-refractivity contribution in [3.05, 3.63) is 72.2 Å². The third kappa shape index (κ3) is 3.76. The number of thiazole rings is 1. The average molecular weight is 411 g/mol. The first-order valence-electron chi connectivity index (χ1n) is 8.61. The molecule has 0 N–H and O–H groups in total. The van der Waals surface area contributed by atoms with E-state index < -0.39 is 0 Å². The second-order valence-corrected chi connectivity index (χ2v) is 7.92. The Kier molecular flexibility index (Phi) is 5.36. The molecule has 0 spiro atoms. The maximum atomic E-state index is 13.3. The van der Waals surface area contributed by atoms with Crippen molar-refractivity contribution in [3.8, 4) is 5.75 Å². The molecule has 0 aliphatic carbocycles. The van der Waals surface area contributed by atoms with Gasteiger partial charge in [-0.3, -0.25) is 9.69 Å². The van der Waals surface area contributed by atoms with Crippen molar-refractivity contribution >= 4 is 44.4 Å². The number of fused-ring (bicyclic) bond motifs is 1. The fourth-order valence-electron chi connectivity index (χ4n) is 2.81. The molecule has 0 fully saturated rings. The summed E-state index contributed by atoms with van der Waals surface area (Å²) in [4.78, 5) is 20.8. The highest BCUT2D eigenvalue weighted by Crippen LogP contribution is 2.33. The van der Waals surface area contributed by atoms with Gasteiger partial charge in [0, 0.05) is 10.5 Å². The minimum absolute atomic E-state index is 0.136. The molecule has 0 aliphatic rings. The standard InChI is InChI=1S/C21H18N2O3S2/c1-25-15-7-5-14(6-8-15)20(24)23(13-16-4-3-11-26-16)21-22-18-10-9-17(27-2)12-19(18)28-21/h3-12H,13H2,1-2H3. The Hall–Kier alpha value is -2.77. The van der Waals surface area contributed by atoms with E-state index in [4.69, 9.17) is 14.1 Å². The van der Waals surface area contributed by atoms with Gasteiger partial charge < -0.3 is 9.15 Å². The van der Waals surface area contributed by atoms with Crippen LogP contribution in [0.5, 0.6) is 5.75 Å². The normalized spacial score (nSPS) is 10.9. The average Bonchev–Trinajstić information content (AvgIpc) is 3.40. The molecule has 0 atom stereocenters. The van der Waals surface area contributed by atoms with E-state index in [-0.39, 0.29) is 5.91 Å². The van der Waals surface area contributed by atoms with E-state index >= 15 is 0 Å². The third-order valence-electron chi connectivity index (χ3n) is 4.29. The maximum Gasteiger partial charge on any atom is 0.260 e. The van der Waals surface area contributed by atoms with E-state index in [2.05, 4.69) is 6.07 Å². The van der Waals surface area contributed by atoms with Crippen molar-refractivity contribution in [3.63, 3.8) is 0 Å². The number of nitrogens with zero attached hydrogens (tertiary/aromatic N) is 2. The molecule has 142 valence electrons. The maximum absolute atomic E-state index is 13.3. The van der Waals surface area contributed by atoms with Gasteiger partial charge >= 0.3 is 0 Å². The SMILES string of the molecule is COc1ccc(C(=O)N(Cc2ccco2)c2nc3ccc(SC)cc3s2)cc1. The van der Waals surface area contributed by atoms with E-state index in [0.29, 0.717) is 28.7 Å². The van der Waals surface area contributed by atoms with Crippen molar-refractivity contribution in [2.45, 2.75) is 11.4 Å². The van der Waals surface area contributed by atoms with E-state index in [0.717, 1.165) is 10.2 Å². The molecule has 5 nitrogen and oxygen atoms in total. The van der Waals surface area contributed by atoms with Crippen LogP contribution in [0.1, 0.15) is 16.1 Å². The summed E-state index contributed by atoms with van der Waals surface area (Å²) in [6.45, 7) is 0.313. The van der Waals surface area contributed by atoms with Crippen LogP contribution in [0.3, 0.4) is 0 Å².